The number of rotatable bonds is 14. The fourth-order valence-electron chi connectivity index (χ4n) is 5.88. The maximum absolute atomic E-state index is 12.2. The highest BCUT2D eigenvalue weighted by atomic mass is 31.2. The monoisotopic (exact) mass is 526 g/mol. The quantitative estimate of drug-likeness (QED) is 0.179. The lowest BCUT2D eigenvalue weighted by atomic mass is 9.73. The van der Waals surface area contributed by atoms with Gasteiger partial charge in [-0.3, -0.25) is 9.32 Å². The number of benzene rings is 1. The van der Waals surface area contributed by atoms with Crippen molar-refractivity contribution < 1.29 is 43.0 Å². The molecule has 3 rings (SSSR count). The van der Waals surface area contributed by atoms with Gasteiger partial charge in [-0.15, -0.1) is 0 Å². The maximum Gasteiger partial charge on any atom is 0.469 e. The molecule has 0 radical (unpaired) electrons. The van der Waals surface area contributed by atoms with E-state index in [4.69, 9.17) is 19.1 Å². The zero-order valence-corrected chi connectivity index (χ0v) is 22.0. The first-order chi connectivity index (χ1) is 17.1. The highest BCUT2D eigenvalue weighted by Gasteiger charge is 2.47. The Morgan fingerprint density at radius 2 is 1.92 bits per heavy atom. The number of hydrogen-bond donors (Lipinski definition) is 3. The summed E-state index contributed by atoms with van der Waals surface area (Å²) in [6, 6.07) is 5.70. The zero-order chi connectivity index (χ0) is 26.3. The molecule has 9 nitrogen and oxygen atoms in total. The molecule has 5 atom stereocenters. The molecule has 1 aromatic rings. The lowest BCUT2D eigenvalue weighted by molar-refractivity contribution is -0.151. The van der Waals surface area contributed by atoms with Crippen molar-refractivity contribution in [3.05, 3.63) is 29.3 Å². The third kappa shape index (κ3) is 8.04. The van der Waals surface area contributed by atoms with Crippen molar-refractivity contribution >= 4 is 19.8 Å². The molecule has 0 heterocycles. The normalized spacial score (nSPS) is 24.0. The average molecular weight is 527 g/mol. The van der Waals surface area contributed by atoms with Crippen LogP contribution in [0.25, 0.3) is 0 Å². The van der Waals surface area contributed by atoms with E-state index >= 15 is 0 Å². The molecule has 3 N–H and O–H groups in total. The van der Waals surface area contributed by atoms with Crippen LogP contribution in [-0.2, 0) is 36.3 Å². The number of esters is 1. The van der Waals surface area contributed by atoms with Gasteiger partial charge in [0.1, 0.15) is 11.9 Å². The Kier molecular flexibility index (Phi) is 10.4. The minimum atomic E-state index is -4.61. The van der Waals surface area contributed by atoms with Gasteiger partial charge in [0.25, 0.3) is 0 Å². The van der Waals surface area contributed by atoms with Gasteiger partial charge in [-0.25, -0.2) is 9.36 Å². The average Bonchev–Trinajstić information content (AvgIpc) is 3.14. The summed E-state index contributed by atoms with van der Waals surface area (Å²) in [7, 11) is -4.61. The number of carbonyl (C=O) groups is 2. The number of phosphoric ester groups is 1. The van der Waals surface area contributed by atoms with Crippen molar-refractivity contribution in [2.75, 3.05) is 6.61 Å². The van der Waals surface area contributed by atoms with Crippen LogP contribution in [0.2, 0.25) is 0 Å². The van der Waals surface area contributed by atoms with Crippen LogP contribution in [0, 0.1) is 17.8 Å². The number of phosphoric acid groups is 1. The van der Waals surface area contributed by atoms with E-state index < -0.39 is 26.5 Å². The first kappa shape index (κ1) is 28.6. The van der Waals surface area contributed by atoms with Gasteiger partial charge < -0.3 is 24.4 Å². The van der Waals surface area contributed by atoms with Crippen LogP contribution in [0.3, 0.4) is 0 Å². The predicted molar refractivity (Wildman–Crippen MR) is 133 cm³/mol. The van der Waals surface area contributed by atoms with Crippen LogP contribution in [-0.4, -0.2) is 45.6 Å². The smallest absolute Gasteiger partial charge is 0.469 e. The van der Waals surface area contributed by atoms with Crippen molar-refractivity contribution in [2.45, 2.75) is 90.3 Å². The summed E-state index contributed by atoms with van der Waals surface area (Å²) in [5, 5.41) is 9.02. The molecule has 1 saturated carbocycles. The van der Waals surface area contributed by atoms with Gasteiger partial charge in [-0.2, -0.15) is 0 Å². The van der Waals surface area contributed by atoms with Gasteiger partial charge in [-0.05, 0) is 73.5 Å². The number of carboxylic acid groups (broad SMARTS) is 1. The SMILES string of the molecule is CCCCC[C@@H](CC[C@@H]1[C@H]2Cc3cccc(OCC(=O)O)c3C[C@H]2C[C@H]1OC(=O)CC)OP(=O)(O)O. The summed E-state index contributed by atoms with van der Waals surface area (Å²) in [5.74, 6) is -0.153. The molecule has 0 aromatic heterocycles. The summed E-state index contributed by atoms with van der Waals surface area (Å²) in [4.78, 5) is 42.0. The molecule has 2 aliphatic rings. The summed E-state index contributed by atoms with van der Waals surface area (Å²) < 4.78 is 28.1. The molecular formula is C26H39O9P. The maximum atomic E-state index is 12.2. The molecule has 202 valence electrons. The molecule has 0 unspecified atom stereocenters. The standard InChI is InChI=1S/C26H39O9P/c1-3-5-6-9-19(35-36(30,31)32)11-12-20-21-13-17-8-7-10-23(33-16-25(27)28)22(17)14-18(21)15-24(20)34-26(29)4-2/h7-8,10,18-21,24H,3-6,9,11-16H2,1-2H3,(H,27,28)(H2,30,31,32)/t18-,19-,20+,21-,24+/m0/s1. The Hall–Kier alpha value is -1.93. The van der Waals surface area contributed by atoms with Crippen LogP contribution in [0.5, 0.6) is 5.75 Å². The number of hydrogen-bond acceptors (Lipinski definition) is 6. The predicted octanol–water partition coefficient (Wildman–Crippen LogP) is 4.66. The number of unbranched alkanes of at least 4 members (excludes halogenated alkanes) is 2. The Bertz CT molecular complexity index is 943. The van der Waals surface area contributed by atoms with Gasteiger partial charge in [0, 0.05) is 6.42 Å². The van der Waals surface area contributed by atoms with Crippen LogP contribution in [0.4, 0.5) is 0 Å². The lowest BCUT2D eigenvalue weighted by Gasteiger charge is -2.33. The van der Waals surface area contributed by atoms with E-state index in [9.17, 15) is 23.9 Å². The molecule has 36 heavy (non-hydrogen) atoms. The molecule has 0 amide bonds. The fraction of sp³-hybridized carbons (Fsp3) is 0.692. The summed E-state index contributed by atoms with van der Waals surface area (Å²) >= 11 is 0. The van der Waals surface area contributed by atoms with Crippen LogP contribution in [0.15, 0.2) is 18.2 Å². The fourth-order valence-corrected chi connectivity index (χ4v) is 6.48. The number of aliphatic carboxylic acids is 1. The second-order valence-electron chi connectivity index (χ2n) is 9.98. The van der Waals surface area contributed by atoms with Crippen LogP contribution in [0.1, 0.15) is 76.3 Å². The van der Waals surface area contributed by atoms with E-state index in [0.29, 0.717) is 37.9 Å². The van der Waals surface area contributed by atoms with E-state index in [-0.39, 0.29) is 36.2 Å². The van der Waals surface area contributed by atoms with Crippen molar-refractivity contribution in [1.82, 2.24) is 0 Å². The highest BCUT2D eigenvalue weighted by molar-refractivity contribution is 7.46. The molecule has 0 aliphatic heterocycles. The van der Waals surface area contributed by atoms with Gasteiger partial charge in [0.15, 0.2) is 6.61 Å². The molecule has 0 bridgehead atoms. The van der Waals surface area contributed by atoms with Gasteiger partial charge >= 0.3 is 19.8 Å². The second kappa shape index (κ2) is 13.0. The van der Waals surface area contributed by atoms with Gasteiger partial charge in [0.05, 0.1) is 6.10 Å². The second-order valence-corrected chi connectivity index (χ2v) is 11.2. The minimum absolute atomic E-state index is 0.0521. The summed E-state index contributed by atoms with van der Waals surface area (Å²) in [6.45, 7) is 3.44. The van der Waals surface area contributed by atoms with E-state index in [1.54, 1.807) is 13.0 Å². The lowest BCUT2D eigenvalue weighted by Crippen LogP contribution is -2.30. The Morgan fingerprint density at radius 3 is 2.58 bits per heavy atom. The minimum Gasteiger partial charge on any atom is -0.482 e. The van der Waals surface area contributed by atoms with E-state index in [0.717, 1.165) is 36.8 Å². The Labute approximate surface area is 212 Å². The molecule has 10 heteroatoms. The Morgan fingerprint density at radius 1 is 1.14 bits per heavy atom. The molecule has 0 spiro atoms. The molecular weight excluding hydrogens is 487 g/mol. The van der Waals surface area contributed by atoms with E-state index in [2.05, 4.69) is 6.92 Å². The molecule has 2 aliphatic carbocycles. The summed E-state index contributed by atoms with van der Waals surface area (Å²) in [5.41, 5.74) is 2.13. The van der Waals surface area contributed by atoms with Gasteiger partial charge in [0.2, 0.25) is 0 Å². The molecule has 1 fully saturated rings. The van der Waals surface area contributed by atoms with Gasteiger partial charge in [-0.1, -0.05) is 45.2 Å². The van der Waals surface area contributed by atoms with Crippen LogP contribution < -0.4 is 4.74 Å². The van der Waals surface area contributed by atoms with Crippen molar-refractivity contribution in [3.8, 4) is 5.75 Å². The molecule has 0 saturated heterocycles. The van der Waals surface area contributed by atoms with Crippen molar-refractivity contribution in [3.63, 3.8) is 0 Å². The third-order valence-corrected chi connectivity index (χ3v) is 8.05. The number of ether oxygens (including phenoxy) is 2. The van der Waals surface area contributed by atoms with E-state index in [1.807, 2.05) is 12.1 Å². The van der Waals surface area contributed by atoms with Crippen LogP contribution >= 0.6 is 7.82 Å². The largest absolute Gasteiger partial charge is 0.482 e. The number of fused-ring (bicyclic) bond motifs is 2. The zero-order valence-electron chi connectivity index (χ0n) is 21.1. The first-order valence-electron chi connectivity index (χ1n) is 13.0. The topological polar surface area (TPSA) is 140 Å². The van der Waals surface area contributed by atoms with Crippen molar-refractivity contribution in [1.29, 1.82) is 0 Å². The van der Waals surface area contributed by atoms with E-state index in [1.165, 1.54) is 0 Å². The Balaban J connectivity index is 1.78. The first-order valence-corrected chi connectivity index (χ1v) is 14.5. The highest BCUT2D eigenvalue weighted by Crippen LogP contribution is 2.50. The summed E-state index contributed by atoms with van der Waals surface area (Å²) in [6.07, 6.45) is 6.15. The number of carbonyl (C=O) groups excluding carboxylic acids is 1. The third-order valence-electron chi connectivity index (χ3n) is 7.48. The van der Waals surface area contributed by atoms with Crippen molar-refractivity contribution in [2.24, 2.45) is 17.8 Å². The molecule has 1 aromatic carbocycles. The number of carboxylic acids is 1.